The summed E-state index contributed by atoms with van der Waals surface area (Å²) in [5.74, 6) is 0.0928. The van der Waals surface area contributed by atoms with Crippen molar-refractivity contribution in [1.29, 1.82) is 0 Å². The van der Waals surface area contributed by atoms with Crippen LogP contribution in [0.4, 0.5) is 0 Å². The molecule has 0 aliphatic heterocycles. The van der Waals surface area contributed by atoms with Gasteiger partial charge in [0, 0.05) is 19.0 Å². The molecule has 2 aromatic rings. The van der Waals surface area contributed by atoms with Gasteiger partial charge in [-0.15, -0.1) is 0 Å². The van der Waals surface area contributed by atoms with Gasteiger partial charge in [0.25, 0.3) is 5.91 Å². The first kappa shape index (κ1) is 23.4. The molecule has 0 N–H and O–H groups in total. The SMILES string of the molecule is CC(=O)CCC(C(C)=O)N(C)C(=O)c1c(C=O)cccc1Oc1ccc2c(c1)CCCC2. The summed E-state index contributed by atoms with van der Waals surface area (Å²) in [4.78, 5) is 50.0. The summed E-state index contributed by atoms with van der Waals surface area (Å²) in [5, 5.41) is 0. The standard InChI is InChI=1S/C26H29NO5/c1-17(29)11-14-23(18(2)30)27(3)26(31)25-21(16-28)9-6-10-24(25)32-22-13-12-19-7-4-5-8-20(19)15-22/h6,9-10,12-13,15-16,23H,4-5,7-8,11,14H2,1-3H3. The van der Waals surface area contributed by atoms with Gasteiger partial charge in [-0.2, -0.15) is 0 Å². The number of aryl methyl sites for hydroxylation is 2. The highest BCUT2D eigenvalue weighted by atomic mass is 16.5. The third-order valence-electron chi connectivity index (χ3n) is 5.97. The number of hydrogen-bond donors (Lipinski definition) is 0. The summed E-state index contributed by atoms with van der Waals surface area (Å²) in [6.07, 6.45) is 5.40. The fourth-order valence-corrected chi connectivity index (χ4v) is 4.19. The Morgan fingerprint density at radius 1 is 1.06 bits per heavy atom. The number of hydrogen-bond acceptors (Lipinski definition) is 5. The van der Waals surface area contributed by atoms with Crippen molar-refractivity contribution in [1.82, 2.24) is 4.90 Å². The third-order valence-corrected chi connectivity index (χ3v) is 5.97. The van der Waals surface area contributed by atoms with Crippen molar-refractivity contribution < 1.29 is 23.9 Å². The molecule has 6 nitrogen and oxygen atoms in total. The van der Waals surface area contributed by atoms with E-state index in [0.29, 0.717) is 12.0 Å². The number of carbonyl (C=O) groups is 4. The van der Waals surface area contributed by atoms with E-state index in [1.54, 1.807) is 18.2 Å². The van der Waals surface area contributed by atoms with Crippen molar-refractivity contribution in [3.63, 3.8) is 0 Å². The maximum atomic E-state index is 13.4. The maximum absolute atomic E-state index is 13.4. The lowest BCUT2D eigenvalue weighted by Crippen LogP contribution is -2.42. The molecule has 0 aromatic heterocycles. The Bertz CT molecular complexity index is 1040. The molecule has 0 fully saturated rings. The third kappa shape index (κ3) is 5.31. The number of aldehydes is 1. The van der Waals surface area contributed by atoms with Crippen LogP contribution in [0.3, 0.4) is 0 Å². The molecule has 1 atom stereocenters. The number of ketones is 2. The van der Waals surface area contributed by atoms with Crippen molar-refractivity contribution >= 4 is 23.8 Å². The zero-order valence-electron chi connectivity index (χ0n) is 18.8. The predicted octanol–water partition coefficient (Wildman–Crippen LogP) is 4.57. The lowest BCUT2D eigenvalue weighted by molar-refractivity contribution is -0.122. The van der Waals surface area contributed by atoms with E-state index in [2.05, 4.69) is 6.07 Å². The monoisotopic (exact) mass is 435 g/mol. The quantitative estimate of drug-likeness (QED) is 0.539. The van der Waals surface area contributed by atoms with Crippen LogP contribution < -0.4 is 4.74 Å². The zero-order chi connectivity index (χ0) is 23.3. The van der Waals surface area contributed by atoms with Gasteiger partial charge >= 0.3 is 0 Å². The van der Waals surface area contributed by atoms with Gasteiger partial charge < -0.3 is 14.4 Å². The number of rotatable bonds is 9. The number of likely N-dealkylation sites (N-methyl/N-ethyl adjacent to an activating group) is 1. The minimum atomic E-state index is -0.761. The van der Waals surface area contributed by atoms with Crippen LogP contribution in [0.25, 0.3) is 0 Å². The van der Waals surface area contributed by atoms with Crippen LogP contribution in [-0.2, 0) is 22.4 Å². The first-order valence-electron chi connectivity index (χ1n) is 11.0. The summed E-state index contributed by atoms with van der Waals surface area (Å²) < 4.78 is 6.08. The average Bonchev–Trinajstić information content (AvgIpc) is 2.78. The van der Waals surface area contributed by atoms with Crippen molar-refractivity contribution in [3.05, 3.63) is 58.7 Å². The number of ether oxygens (including phenoxy) is 1. The van der Waals surface area contributed by atoms with Gasteiger partial charge in [-0.25, -0.2) is 0 Å². The second-order valence-corrected chi connectivity index (χ2v) is 8.36. The summed E-state index contributed by atoms with van der Waals surface area (Å²) in [7, 11) is 1.51. The molecule has 0 saturated carbocycles. The summed E-state index contributed by atoms with van der Waals surface area (Å²) in [5.41, 5.74) is 2.85. The molecule has 32 heavy (non-hydrogen) atoms. The largest absolute Gasteiger partial charge is 0.457 e. The maximum Gasteiger partial charge on any atom is 0.258 e. The van der Waals surface area contributed by atoms with Crippen LogP contribution in [0, 0.1) is 0 Å². The molecule has 0 heterocycles. The summed E-state index contributed by atoms with van der Waals surface area (Å²) in [6, 6.07) is 10.0. The van der Waals surface area contributed by atoms with Crippen LogP contribution in [0.15, 0.2) is 36.4 Å². The first-order valence-corrected chi connectivity index (χ1v) is 11.0. The van der Waals surface area contributed by atoms with Crippen LogP contribution >= 0.6 is 0 Å². The first-order chi connectivity index (χ1) is 15.3. The van der Waals surface area contributed by atoms with E-state index >= 15 is 0 Å². The van der Waals surface area contributed by atoms with E-state index in [-0.39, 0.29) is 41.3 Å². The Hall–Kier alpha value is -3.28. The van der Waals surface area contributed by atoms with Crippen molar-refractivity contribution in [2.24, 2.45) is 0 Å². The molecular formula is C26H29NO5. The van der Waals surface area contributed by atoms with Gasteiger partial charge in [-0.05, 0) is 75.3 Å². The fraction of sp³-hybridized carbons (Fsp3) is 0.385. The van der Waals surface area contributed by atoms with Crippen LogP contribution in [0.2, 0.25) is 0 Å². The highest BCUT2D eigenvalue weighted by molar-refractivity contribution is 6.05. The Morgan fingerprint density at radius 2 is 1.78 bits per heavy atom. The van der Waals surface area contributed by atoms with Crippen LogP contribution in [0.5, 0.6) is 11.5 Å². The number of amides is 1. The normalized spacial score (nSPS) is 13.6. The molecule has 1 aliphatic carbocycles. The van der Waals surface area contributed by atoms with Crippen LogP contribution in [0.1, 0.15) is 71.4 Å². The van der Waals surface area contributed by atoms with Gasteiger partial charge in [0.05, 0.1) is 11.6 Å². The second-order valence-electron chi connectivity index (χ2n) is 8.36. The highest BCUT2D eigenvalue weighted by Crippen LogP contribution is 2.32. The van der Waals surface area contributed by atoms with Gasteiger partial charge in [-0.1, -0.05) is 18.2 Å². The van der Waals surface area contributed by atoms with Gasteiger partial charge in [-0.3, -0.25) is 14.4 Å². The number of Topliss-reactive ketones (excluding diaryl/α,β-unsaturated/α-hetero) is 2. The molecule has 0 bridgehead atoms. The minimum absolute atomic E-state index is 0.0539. The lowest BCUT2D eigenvalue weighted by atomic mass is 9.92. The minimum Gasteiger partial charge on any atom is -0.457 e. The van der Waals surface area contributed by atoms with Gasteiger partial charge in [0.15, 0.2) is 12.1 Å². The van der Waals surface area contributed by atoms with Crippen molar-refractivity contribution in [3.8, 4) is 11.5 Å². The number of fused-ring (bicyclic) bond motifs is 1. The predicted molar refractivity (Wildman–Crippen MR) is 121 cm³/mol. The summed E-state index contributed by atoms with van der Waals surface area (Å²) >= 11 is 0. The number of carbonyl (C=O) groups excluding carboxylic acids is 4. The van der Waals surface area contributed by atoms with E-state index < -0.39 is 11.9 Å². The van der Waals surface area contributed by atoms with E-state index in [9.17, 15) is 19.2 Å². The summed E-state index contributed by atoms with van der Waals surface area (Å²) in [6.45, 7) is 2.84. The molecule has 3 rings (SSSR count). The van der Waals surface area contributed by atoms with E-state index in [1.165, 1.54) is 43.3 Å². The molecule has 1 amide bonds. The Kier molecular flexibility index (Phi) is 7.57. The van der Waals surface area contributed by atoms with Crippen molar-refractivity contribution in [2.45, 2.75) is 58.4 Å². The lowest BCUT2D eigenvalue weighted by Gasteiger charge is -2.27. The molecule has 0 radical (unpaired) electrons. The molecular weight excluding hydrogens is 406 g/mol. The fourth-order valence-electron chi connectivity index (χ4n) is 4.19. The molecule has 1 aliphatic rings. The molecule has 6 heteroatoms. The highest BCUT2D eigenvalue weighted by Gasteiger charge is 2.29. The molecule has 2 aromatic carbocycles. The smallest absolute Gasteiger partial charge is 0.258 e. The number of nitrogens with zero attached hydrogens (tertiary/aromatic N) is 1. The van der Waals surface area contributed by atoms with Gasteiger partial charge in [0.1, 0.15) is 17.3 Å². The van der Waals surface area contributed by atoms with E-state index in [4.69, 9.17) is 4.74 Å². The molecule has 168 valence electrons. The van der Waals surface area contributed by atoms with E-state index in [1.807, 2.05) is 12.1 Å². The topological polar surface area (TPSA) is 80.8 Å². The van der Waals surface area contributed by atoms with Crippen LogP contribution in [-0.4, -0.2) is 41.7 Å². The van der Waals surface area contributed by atoms with Crippen molar-refractivity contribution in [2.75, 3.05) is 7.05 Å². The molecule has 0 spiro atoms. The molecule has 0 saturated heterocycles. The molecule has 1 unspecified atom stereocenters. The average molecular weight is 436 g/mol. The zero-order valence-corrected chi connectivity index (χ0v) is 18.8. The van der Waals surface area contributed by atoms with Gasteiger partial charge in [0.2, 0.25) is 0 Å². The Labute approximate surface area is 188 Å². The Morgan fingerprint density at radius 3 is 2.44 bits per heavy atom. The second kappa shape index (κ2) is 10.4. The Balaban J connectivity index is 1.93. The number of benzene rings is 2. The van der Waals surface area contributed by atoms with E-state index in [0.717, 1.165) is 19.3 Å².